The van der Waals surface area contributed by atoms with Crippen molar-refractivity contribution in [2.45, 2.75) is 27.2 Å². The summed E-state index contributed by atoms with van der Waals surface area (Å²) in [5.41, 5.74) is 0. The first kappa shape index (κ1) is 16.1. The Labute approximate surface area is 104 Å². The average molecular weight is 243 g/mol. The van der Waals surface area contributed by atoms with Gasteiger partial charge in [-0.15, -0.1) is 0 Å². The molecule has 0 aliphatic rings. The Kier molecular flexibility index (Phi) is 9.66. The predicted molar refractivity (Wildman–Crippen MR) is 68.9 cm³/mol. The number of ketones is 1. The molecule has 5 heteroatoms. The van der Waals surface area contributed by atoms with Crippen molar-refractivity contribution < 1.29 is 9.59 Å². The number of rotatable bonds is 10. The van der Waals surface area contributed by atoms with Crippen molar-refractivity contribution in [3.8, 4) is 0 Å². The number of hydrogen-bond donors (Lipinski definition) is 3. The fourth-order valence-electron chi connectivity index (χ4n) is 1.13. The number of amides is 1. The zero-order chi connectivity index (χ0) is 13.1. The summed E-state index contributed by atoms with van der Waals surface area (Å²) in [5, 5.41) is 9.06. The minimum absolute atomic E-state index is 0.0386. The Hall–Kier alpha value is -0.940. The molecule has 0 aromatic carbocycles. The molecule has 0 saturated heterocycles. The normalized spacial score (nSPS) is 10.6. The molecular weight excluding hydrogens is 218 g/mol. The number of hydrogen-bond acceptors (Lipinski definition) is 4. The fourth-order valence-corrected chi connectivity index (χ4v) is 1.13. The van der Waals surface area contributed by atoms with Gasteiger partial charge in [0.25, 0.3) is 0 Å². The van der Waals surface area contributed by atoms with Gasteiger partial charge >= 0.3 is 0 Å². The lowest BCUT2D eigenvalue weighted by Gasteiger charge is -2.08. The molecule has 0 rings (SSSR count). The second kappa shape index (κ2) is 10.2. The van der Waals surface area contributed by atoms with E-state index in [1.807, 2.05) is 20.8 Å². The number of Topliss-reactive ketones (excluding diaryl/α,β-unsaturated/α-hetero) is 1. The predicted octanol–water partition coefficient (Wildman–Crippen LogP) is -0.0831. The van der Waals surface area contributed by atoms with Gasteiger partial charge < -0.3 is 16.0 Å². The van der Waals surface area contributed by atoms with Crippen molar-refractivity contribution in [3.05, 3.63) is 0 Å². The van der Waals surface area contributed by atoms with Crippen LogP contribution in [0.4, 0.5) is 0 Å². The van der Waals surface area contributed by atoms with E-state index >= 15 is 0 Å². The summed E-state index contributed by atoms with van der Waals surface area (Å²) in [6, 6.07) is 0. The van der Waals surface area contributed by atoms with Gasteiger partial charge in [-0.1, -0.05) is 20.8 Å². The topological polar surface area (TPSA) is 70.2 Å². The zero-order valence-corrected chi connectivity index (χ0v) is 11.1. The zero-order valence-electron chi connectivity index (χ0n) is 11.1. The van der Waals surface area contributed by atoms with Crippen LogP contribution in [0.2, 0.25) is 0 Å². The summed E-state index contributed by atoms with van der Waals surface area (Å²) in [4.78, 5) is 22.2. The highest BCUT2D eigenvalue weighted by Crippen LogP contribution is 1.88. The molecule has 0 aromatic rings. The first-order valence-corrected chi connectivity index (χ1v) is 6.28. The third-order valence-electron chi connectivity index (χ3n) is 2.32. The summed E-state index contributed by atoms with van der Waals surface area (Å²) >= 11 is 0. The van der Waals surface area contributed by atoms with Gasteiger partial charge in [-0.3, -0.25) is 9.59 Å². The molecular formula is C12H25N3O2. The van der Waals surface area contributed by atoms with Crippen molar-refractivity contribution in [3.63, 3.8) is 0 Å². The molecule has 0 heterocycles. The first-order valence-electron chi connectivity index (χ1n) is 6.28. The monoisotopic (exact) mass is 243 g/mol. The molecule has 0 bridgehead atoms. The molecule has 0 aliphatic carbocycles. The van der Waals surface area contributed by atoms with E-state index in [2.05, 4.69) is 16.0 Å². The molecule has 0 atom stereocenters. The van der Waals surface area contributed by atoms with Crippen LogP contribution in [0.25, 0.3) is 0 Å². The van der Waals surface area contributed by atoms with Gasteiger partial charge in [0.05, 0.1) is 6.54 Å². The Morgan fingerprint density at radius 2 is 1.59 bits per heavy atom. The van der Waals surface area contributed by atoms with Gasteiger partial charge in [-0.2, -0.15) is 0 Å². The van der Waals surface area contributed by atoms with Crippen molar-refractivity contribution in [2.75, 3.05) is 32.7 Å². The fraction of sp³-hybridized carbons (Fsp3) is 0.833. The van der Waals surface area contributed by atoms with Gasteiger partial charge in [0.1, 0.15) is 5.78 Å². The van der Waals surface area contributed by atoms with Gasteiger partial charge in [0, 0.05) is 38.5 Å². The maximum Gasteiger partial charge on any atom is 0.222 e. The van der Waals surface area contributed by atoms with E-state index < -0.39 is 0 Å². The highest BCUT2D eigenvalue weighted by molar-refractivity contribution is 5.80. The minimum Gasteiger partial charge on any atom is -0.355 e. The van der Waals surface area contributed by atoms with E-state index in [9.17, 15) is 9.59 Å². The van der Waals surface area contributed by atoms with Gasteiger partial charge in [0.2, 0.25) is 5.91 Å². The van der Waals surface area contributed by atoms with Crippen molar-refractivity contribution in [1.29, 1.82) is 0 Å². The quantitative estimate of drug-likeness (QED) is 0.469. The van der Waals surface area contributed by atoms with Crippen molar-refractivity contribution >= 4 is 11.7 Å². The van der Waals surface area contributed by atoms with Crippen LogP contribution in [-0.4, -0.2) is 44.4 Å². The Morgan fingerprint density at radius 3 is 2.18 bits per heavy atom. The second-order valence-corrected chi connectivity index (χ2v) is 4.26. The highest BCUT2D eigenvalue weighted by atomic mass is 16.1. The number of carbonyl (C=O) groups excluding carboxylic acids is 2. The van der Waals surface area contributed by atoms with E-state index in [0.717, 1.165) is 19.6 Å². The Morgan fingerprint density at radius 1 is 1.00 bits per heavy atom. The van der Waals surface area contributed by atoms with Gasteiger partial charge in [-0.05, 0) is 0 Å². The molecule has 5 nitrogen and oxygen atoms in total. The van der Waals surface area contributed by atoms with Crippen LogP contribution < -0.4 is 16.0 Å². The lowest BCUT2D eigenvalue weighted by Crippen LogP contribution is -2.37. The summed E-state index contributed by atoms with van der Waals surface area (Å²) in [5.74, 6) is 0.351. The van der Waals surface area contributed by atoms with Gasteiger partial charge in [0.15, 0.2) is 0 Å². The molecule has 0 radical (unpaired) electrons. The standard InChI is InChI=1S/C12H25N3O2/c1-4-11(16)9-14-6-5-13-7-8-15-12(17)10(2)3/h10,13-14H,4-9H2,1-3H3,(H,15,17). The third kappa shape index (κ3) is 9.96. The summed E-state index contributed by atoms with van der Waals surface area (Å²) in [7, 11) is 0. The van der Waals surface area contributed by atoms with Crippen LogP contribution in [0.1, 0.15) is 27.2 Å². The molecule has 0 aliphatic heterocycles. The lowest BCUT2D eigenvalue weighted by atomic mass is 10.2. The first-order chi connectivity index (χ1) is 8.07. The Bertz CT molecular complexity index is 230. The van der Waals surface area contributed by atoms with E-state index in [0.29, 0.717) is 19.5 Å². The average Bonchev–Trinajstić information content (AvgIpc) is 2.31. The second-order valence-electron chi connectivity index (χ2n) is 4.26. The summed E-state index contributed by atoms with van der Waals surface area (Å²) in [6.45, 7) is 9.02. The van der Waals surface area contributed by atoms with Gasteiger partial charge in [-0.25, -0.2) is 0 Å². The number of carbonyl (C=O) groups is 2. The maximum absolute atomic E-state index is 11.2. The van der Waals surface area contributed by atoms with E-state index in [-0.39, 0.29) is 17.6 Å². The van der Waals surface area contributed by atoms with E-state index in [1.165, 1.54) is 0 Å². The smallest absolute Gasteiger partial charge is 0.222 e. The molecule has 0 spiro atoms. The molecule has 0 unspecified atom stereocenters. The molecule has 1 amide bonds. The number of nitrogens with one attached hydrogen (secondary N) is 3. The van der Waals surface area contributed by atoms with Crippen LogP contribution in [0.5, 0.6) is 0 Å². The minimum atomic E-state index is 0.0386. The molecule has 3 N–H and O–H groups in total. The maximum atomic E-state index is 11.2. The molecule has 100 valence electrons. The largest absolute Gasteiger partial charge is 0.355 e. The molecule has 0 fully saturated rings. The summed E-state index contributed by atoms with van der Waals surface area (Å²) < 4.78 is 0. The van der Waals surface area contributed by atoms with E-state index in [1.54, 1.807) is 0 Å². The molecule has 17 heavy (non-hydrogen) atoms. The summed E-state index contributed by atoms with van der Waals surface area (Å²) in [6.07, 6.45) is 0.585. The van der Waals surface area contributed by atoms with Crippen molar-refractivity contribution in [2.24, 2.45) is 5.92 Å². The van der Waals surface area contributed by atoms with Crippen LogP contribution in [-0.2, 0) is 9.59 Å². The molecule has 0 saturated carbocycles. The third-order valence-corrected chi connectivity index (χ3v) is 2.32. The van der Waals surface area contributed by atoms with Crippen LogP contribution in [0.15, 0.2) is 0 Å². The van der Waals surface area contributed by atoms with Crippen LogP contribution >= 0.6 is 0 Å². The van der Waals surface area contributed by atoms with Crippen LogP contribution in [0.3, 0.4) is 0 Å². The van der Waals surface area contributed by atoms with Crippen LogP contribution in [0, 0.1) is 5.92 Å². The Balaban J connectivity index is 3.19. The van der Waals surface area contributed by atoms with Crippen molar-refractivity contribution in [1.82, 2.24) is 16.0 Å². The van der Waals surface area contributed by atoms with E-state index in [4.69, 9.17) is 0 Å². The molecule has 0 aromatic heterocycles. The lowest BCUT2D eigenvalue weighted by molar-refractivity contribution is -0.124. The SMILES string of the molecule is CCC(=O)CNCCNCCNC(=O)C(C)C. The highest BCUT2D eigenvalue weighted by Gasteiger charge is 2.04.